The van der Waals surface area contributed by atoms with E-state index in [0.717, 1.165) is 31.5 Å². The van der Waals surface area contributed by atoms with Crippen molar-refractivity contribution in [2.45, 2.75) is 45.6 Å². The lowest BCUT2D eigenvalue weighted by molar-refractivity contribution is 0.135. The SMILES string of the molecule is CCCNC1CCN(CCc2ccnn2C)CC1CC. The molecule has 0 bridgehead atoms. The highest BCUT2D eigenvalue weighted by Crippen LogP contribution is 2.20. The summed E-state index contributed by atoms with van der Waals surface area (Å²) >= 11 is 0. The molecule has 1 aliphatic rings. The lowest BCUT2D eigenvalue weighted by Gasteiger charge is -2.38. The summed E-state index contributed by atoms with van der Waals surface area (Å²) in [5, 5.41) is 7.98. The molecule has 0 radical (unpaired) electrons. The summed E-state index contributed by atoms with van der Waals surface area (Å²) in [6, 6.07) is 2.86. The summed E-state index contributed by atoms with van der Waals surface area (Å²) in [7, 11) is 2.03. The van der Waals surface area contributed by atoms with Crippen LogP contribution in [0.15, 0.2) is 12.3 Å². The third-order valence-electron chi connectivity index (χ3n) is 4.61. The molecule has 4 heteroatoms. The largest absolute Gasteiger partial charge is 0.314 e. The van der Waals surface area contributed by atoms with Crippen LogP contribution in [-0.4, -0.2) is 46.9 Å². The minimum atomic E-state index is 0.730. The Balaban J connectivity index is 1.79. The Bertz CT molecular complexity index is 388. The maximum Gasteiger partial charge on any atom is 0.0492 e. The summed E-state index contributed by atoms with van der Waals surface area (Å²) in [6.07, 6.45) is 6.82. The normalized spacial score (nSPS) is 24.1. The average molecular weight is 278 g/mol. The summed E-state index contributed by atoms with van der Waals surface area (Å²) in [6.45, 7) is 9.38. The topological polar surface area (TPSA) is 33.1 Å². The number of likely N-dealkylation sites (tertiary alicyclic amines) is 1. The lowest BCUT2D eigenvalue weighted by atomic mass is 9.89. The predicted molar refractivity (Wildman–Crippen MR) is 83.8 cm³/mol. The molecule has 0 aliphatic carbocycles. The number of nitrogens with one attached hydrogen (secondary N) is 1. The molecule has 1 saturated heterocycles. The van der Waals surface area contributed by atoms with Crippen molar-refractivity contribution >= 4 is 0 Å². The summed E-state index contributed by atoms with van der Waals surface area (Å²) in [4.78, 5) is 2.63. The van der Waals surface area contributed by atoms with Gasteiger partial charge in [-0.25, -0.2) is 0 Å². The molecule has 1 aromatic rings. The van der Waals surface area contributed by atoms with E-state index in [1.54, 1.807) is 0 Å². The molecule has 114 valence electrons. The predicted octanol–water partition coefficient (Wildman–Crippen LogP) is 2.06. The molecule has 4 nitrogen and oxygen atoms in total. The quantitative estimate of drug-likeness (QED) is 0.829. The third-order valence-corrected chi connectivity index (χ3v) is 4.61. The molecule has 1 N–H and O–H groups in total. The Labute approximate surface area is 123 Å². The Morgan fingerprint density at radius 2 is 2.25 bits per heavy atom. The van der Waals surface area contributed by atoms with Gasteiger partial charge >= 0.3 is 0 Å². The van der Waals surface area contributed by atoms with Gasteiger partial charge in [0.15, 0.2) is 0 Å². The molecule has 0 aromatic carbocycles. The van der Waals surface area contributed by atoms with Crippen molar-refractivity contribution in [1.82, 2.24) is 20.0 Å². The molecule has 1 aliphatic heterocycles. The second-order valence-electron chi connectivity index (χ2n) is 6.01. The van der Waals surface area contributed by atoms with Crippen LogP contribution >= 0.6 is 0 Å². The van der Waals surface area contributed by atoms with Crippen LogP contribution in [0.4, 0.5) is 0 Å². The van der Waals surface area contributed by atoms with Crippen LogP contribution in [0.5, 0.6) is 0 Å². The van der Waals surface area contributed by atoms with E-state index >= 15 is 0 Å². The van der Waals surface area contributed by atoms with Crippen molar-refractivity contribution in [1.29, 1.82) is 0 Å². The second-order valence-corrected chi connectivity index (χ2v) is 6.01. The zero-order valence-electron chi connectivity index (χ0n) is 13.3. The Kier molecular flexibility index (Phi) is 6.05. The third kappa shape index (κ3) is 4.06. The molecule has 2 unspecified atom stereocenters. The van der Waals surface area contributed by atoms with Crippen LogP contribution in [0.2, 0.25) is 0 Å². The monoisotopic (exact) mass is 278 g/mol. The zero-order chi connectivity index (χ0) is 14.4. The molecular weight excluding hydrogens is 248 g/mol. The van der Waals surface area contributed by atoms with E-state index in [2.05, 4.69) is 35.2 Å². The average Bonchev–Trinajstić information content (AvgIpc) is 2.88. The first-order valence-electron chi connectivity index (χ1n) is 8.17. The van der Waals surface area contributed by atoms with Crippen LogP contribution in [0.1, 0.15) is 38.8 Å². The van der Waals surface area contributed by atoms with Gasteiger partial charge in [-0.2, -0.15) is 5.10 Å². The van der Waals surface area contributed by atoms with Crippen LogP contribution in [-0.2, 0) is 13.5 Å². The van der Waals surface area contributed by atoms with Gasteiger partial charge in [0.2, 0.25) is 0 Å². The standard InChI is InChI=1S/C16H30N4/c1-4-9-17-16-8-12-20(13-14(16)5-2)11-7-15-6-10-18-19(15)3/h6,10,14,16-17H,4-5,7-9,11-13H2,1-3H3. The van der Waals surface area contributed by atoms with E-state index in [9.17, 15) is 0 Å². The van der Waals surface area contributed by atoms with E-state index in [-0.39, 0.29) is 0 Å². The second kappa shape index (κ2) is 7.79. The zero-order valence-corrected chi connectivity index (χ0v) is 13.3. The van der Waals surface area contributed by atoms with Crippen molar-refractivity contribution in [3.63, 3.8) is 0 Å². The molecule has 2 heterocycles. The molecule has 20 heavy (non-hydrogen) atoms. The van der Waals surface area contributed by atoms with E-state index in [4.69, 9.17) is 0 Å². The molecule has 0 amide bonds. The minimum absolute atomic E-state index is 0.730. The van der Waals surface area contributed by atoms with Gasteiger partial charge in [0.25, 0.3) is 0 Å². The van der Waals surface area contributed by atoms with Crippen LogP contribution in [0.25, 0.3) is 0 Å². The van der Waals surface area contributed by atoms with Gasteiger partial charge in [-0.15, -0.1) is 0 Å². The number of hydrogen-bond acceptors (Lipinski definition) is 3. The number of piperidine rings is 1. The van der Waals surface area contributed by atoms with Crippen molar-refractivity contribution in [3.05, 3.63) is 18.0 Å². The Morgan fingerprint density at radius 3 is 2.90 bits per heavy atom. The number of hydrogen-bond donors (Lipinski definition) is 1. The summed E-state index contributed by atoms with van der Waals surface area (Å²) in [5.41, 5.74) is 1.34. The van der Waals surface area contributed by atoms with Gasteiger partial charge in [-0.3, -0.25) is 4.68 Å². The van der Waals surface area contributed by atoms with Crippen LogP contribution < -0.4 is 5.32 Å². The van der Waals surface area contributed by atoms with Crippen molar-refractivity contribution in [2.75, 3.05) is 26.2 Å². The number of rotatable bonds is 7. The maximum atomic E-state index is 4.25. The maximum absolute atomic E-state index is 4.25. The molecular formula is C16H30N4. The summed E-state index contributed by atoms with van der Waals surface area (Å²) < 4.78 is 1.99. The van der Waals surface area contributed by atoms with Crippen molar-refractivity contribution < 1.29 is 0 Å². The first-order valence-corrected chi connectivity index (χ1v) is 8.17. The summed E-state index contributed by atoms with van der Waals surface area (Å²) in [5.74, 6) is 0.807. The molecule has 0 saturated carbocycles. The first-order chi connectivity index (χ1) is 9.74. The molecule has 2 atom stereocenters. The van der Waals surface area contributed by atoms with Gasteiger partial charge in [0, 0.05) is 44.5 Å². The molecule has 1 fully saturated rings. The van der Waals surface area contributed by atoms with Crippen molar-refractivity contribution in [2.24, 2.45) is 13.0 Å². The van der Waals surface area contributed by atoms with E-state index in [1.165, 1.54) is 38.0 Å². The number of aryl methyl sites for hydroxylation is 1. The molecule has 0 spiro atoms. The fourth-order valence-electron chi connectivity index (χ4n) is 3.24. The molecule has 1 aromatic heterocycles. The highest BCUT2D eigenvalue weighted by atomic mass is 15.3. The van der Waals surface area contributed by atoms with Crippen LogP contribution in [0.3, 0.4) is 0 Å². The van der Waals surface area contributed by atoms with Gasteiger partial charge in [0.05, 0.1) is 0 Å². The first kappa shape index (κ1) is 15.5. The minimum Gasteiger partial charge on any atom is -0.314 e. The highest BCUT2D eigenvalue weighted by Gasteiger charge is 2.27. The van der Waals surface area contributed by atoms with Gasteiger partial charge < -0.3 is 10.2 Å². The van der Waals surface area contributed by atoms with Crippen LogP contribution in [0, 0.1) is 5.92 Å². The smallest absolute Gasteiger partial charge is 0.0492 e. The number of aromatic nitrogens is 2. The fourth-order valence-corrected chi connectivity index (χ4v) is 3.24. The van der Waals surface area contributed by atoms with Gasteiger partial charge in [0.1, 0.15) is 0 Å². The van der Waals surface area contributed by atoms with Gasteiger partial charge in [-0.05, 0) is 37.9 Å². The van der Waals surface area contributed by atoms with E-state index in [0.29, 0.717) is 0 Å². The fraction of sp³-hybridized carbons (Fsp3) is 0.812. The number of nitrogens with zero attached hydrogens (tertiary/aromatic N) is 3. The van der Waals surface area contributed by atoms with E-state index in [1.807, 2.05) is 17.9 Å². The Hall–Kier alpha value is -0.870. The lowest BCUT2D eigenvalue weighted by Crippen LogP contribution is -2.49. The van der Waals surface area contributed by atoms with Gasteiger partial charge in [-0.1, -0.05) is 20.3 Å². The molecule has 2 rings (SSSR count). The van der Waals surface area contributed by atoms with E-state index < -0.39 is 0 Å². The Morgan fingerprint density at radius 1 is 1.40 bits per heavy atom. The highest BCUT2D eigenvalue weighted by molar-refractivity contribution is 5.00. The van der Waals surface area contributed by atoms with Crippen molar-refractivity contribution in [3.8, 4) is 0 Å².